The number of hydrogen-bond acceptors (Lipinski definition) is 4. The quantitative estimate of drug-likeness (QED) is 0.700. The second kappa shape index (κ2) is 10.2. The van der Waals surface area contributed by atoms with Gasteiger partial charge in [-0.05, 0) is 68.2 Å². The Labute approximate surface area is 187 Å². The Balaban J connectivity index is 1.70. The molecule has 1 saturated carbocycles. The summed E-state index contributed by atoms with van der Waals surface area (Å²) >= 11 is 0. The Morgan fingerprint density at radius 2 is 1.81 bits per heavy atom. The first-order chi connectivity index (χ1) is 15.5. The Morgan fingerprint density at radius 1 is 1.09 bits per heavy atom. The lowest BCUT2D eigenvalue weighted by Crippen LogP contribution is -2.39. The van der Waals surface area contributed by atoms with Crippen molar-refractivity contribution in [1.82, 2.24) is 9.88 Å². The summed E-state index contributed by atoms with van der Waals surface area (Å²) < 4.78 is 7.03. The number of amides is 1. The predicted octanol–water partition coefficient (Wildman–Crippen LogP) is 4.24. The summed E-state index contributed by atoms with van der Waals surface area (Å²) in [6, 6.07) is 3.43. The van der Waals surface area contributed by atoms with Gasteiger partial charge in [0, 0.05) is 12.2 Å². The molecule has 1 unspecified atom stereocenters. The number of pyridine rings is 1. The van der Waals surface area contributed by atoms with Crippen molar-refractivity contribution in [1.29, 1.82) is 0 Å². The van der Waals surface area contributed by atoms with Crippen molar-refractivity contribution in [2.24, 2.45) is 5.92 Å². The SMILES string of the molecule is O=C(NC(C(=O)O)c1ccco1)c1cc2c(n(CC3CCCCC3)c1=O)CCCCCC2. The smallest absolute Gasteiger partial charge is 0.334 e. The van der Waals surface area contributed by atoms with Crippen LogP contribution in [0.15, 0.2) is 33.7 Å². The Morgan fingerprint density at radius 3 is 2.50 bits per heavy atom. The summed E-state index contributed by atoms with van der Waals surface area (Å²) in [5.74, 6) is -1.33. The zero-order chi connectivity index (χ0) is 22.5. The molecule has 0 aromatic carbocycles. The Hall–Kier alpha value is -2.83. The number of fused-ring (bicyclic) bond motifs is 1. The van der Waals surface area contributed by atoms with Gasteiger partial charge >= 0.3 is 5.97 Å². The van der Waals surface area contributed by atoms with Gasteiger partial charge in [0.05, 0.1) is 6.26 Å². The van der Waals surface area contributed by atoms with Crippen LogP contribution in [0.3, 0.4) is 0 Å². The molecule has 2 aliphatic carbocycles. The van der Waals surface area contributed by atoms with E-state index in [1.165, 1.54) is 31.6 Å². The van der Waals surface area contributed by atoms with E-state index in [-0.39, 0.29) is 16.9 Å². The number of carboxylic acid groups (broad SMARTS) is 1. The monoisotopic (exact) mass is 440 g/mol. The molecule has 0 bridgehead atoms. The van der Waals surface area contributed by atoms with E-state index in [1.54, 1.807) is 12.1 Å². The molecule has 2 N–H and O–H groups in total. The van der Waals surface area contributed by atoms with Crippen molar-refractivity contribution in [3.63, 3.8) is 0 Å². The van der Waals surface area contributed by atoms with Crippen LogP contribution in [0, 0.1) is 5.92 Å². The number of carbonyl (C=O) groups excluding carboxylic acids is 1. The fraction of sp³-hybridized carbons (Fsp3) is 0.560. The maximum atomic E-state index is 13.5. The van der Waals surface area contributed by atoms with Crippen molar-refractivity contribution in [3.8, 4) is 0 Å². The minimum atomic E-state index is -1.34. The highest BCUT2D eigenvalue weighted by molar-refractivity contribution is 5.96. The minimum Gasteiger partial charge on any atom is -0.479 e. The Kier molecular flexibility index (Phi) is 7.12. The molecule has 0 spiro atoms. The van der Waals surface area contributed by atoms with Crippen LogP contribution in [0.4, 0.5) is 0 Å². The van der Waals surface area contributed by atoms with Gasteiger partial charge in [-0.3, -0.25) is 9.59 Å². The van der Waals surface area contributed by atoms with E-state index in [2.05, 4.69) is 5.32 Å². The summed E-state index contributed by atoms with van der Waals surface area (Å²) in [7, 11) is 0. The highest BCUT2D eigenvalue weighted by atomic mass is 16.4. The van der Waals surface area contributed by atoms with Crippen LogP contribution in [0.25, 0.3) is 0 Å². The van der Waals surface area contributed by atoms with Crippen LogP contribution in [0.2, 0.25) is 0 Å². The number of furan rings is 1. The van der Waals surface area contributed by atoms with Crippen LogP contribution in [-0.2, 0) is 24.2 Å². The van der Waals surface area contributed by atoms with E-state index in [0.29, 0.717) is 12.5 Å². The van der Waals surface area contributed by atoms with E-state index in [9.17, 15) is 19.5 Å². The zero-order valence-electron chi connectivity index (χ0n) is 18.5. The van der Waals surface area contributed by atoms with Gasteiger partial charge < -0.3 is 19.4 Å². The molecule has 2 aromatic rings. The van der Waals surface area contributed by atoms with Crippen LogP contribution in [-0.4, -0.2) is 21.6 Å². The first kappa shape index (κ1) is 22.4. The highest BCUT2D eigenvalue weighted by Gasteiger charge is 2.28. The van der Waals surface area contributed by atoms with Gasteiger partial charge in [-0.15, -0.1) is 0 Å². The average molecular weight is 441 g/mol. The third-order valence-electron chi connectivity index (χ3n) is 6.86. The summed E-state index contributed by atoms with van der Waals surface area (Å²) in [5, 5.41) is 12.1. The average Bonchev–Trinajstić information content (AvgIpc) is 3.29. The highest BCUT2D eigenvalue weighted by Crippen LogP contribution is 2.27. The molecule has 0 radical (unpaired) electrons. The van der Waals surface area contributed by atoms with Crippen molar-refractivity contribution in [2.45, 2.75) is 83.2 Å². The molecule has 1 amide bonds. The zero-order valence-corrected chi connectivity index (χ0v) is 18.5. The first-order valence-electron chi connectivity index (χ1n) is 11.9. The lowest BCUT2D eigenvalue weighted by atomic mass is 9.88. The molecule has 7 heteroatoms. The number of hydrogen-bond donors (Lipinski definition) is 2. The number of carbonyl (C=O) groups is 2. The van der Waals surface area contributed by atoms with Gasteiger partial charge in [-0.2, -0.15) is 0 Å². The maximum Gasteiger partial charge on any atom is 0.334 e. The van der Waals surface area contributed by atoms with Crippen molar-refractivity contribution in [3.05, 3.63) is 57.4 Å². The topological polar surface area (TPSA) is 102 Å². The summed E-state index contributed by atoms with van der Waals surface area (Å²) in [5.41, 5.74) is 1.83. The molecule has 2 aliphatic rings. The number of aliphatic carboxylic acids is 1. The van der Waals surface area contributed by atoms with E-state index >= 15 is 0 Å². The number of aryl methyl sites for hydroxylation is 1. The number of nitrogens with one attached hydrogen (secondary N) is 1. The Bertz CT molecular complexity index is 1000. The second-order valence-electron chi connectivity index (χ2n) is 9.12. The molecule has 4 rings (SSSR count). The van der Waals surface area contributed by atoms with Crippen molar-refractivity contribution < 1.29 is 19.1 Å². The molecule has 0 aliphatic heterocycles. The van der Waals surface area contributed by atoms with Gasteiger partial charge in [0.15, 0.2) is 6.04 Å². The number of carboxylic acids is 1. The van der Waals surface area contributed by atoms with E-state index in [0.717, 1.165) is 62.6 Å². The summed E-state index contributed by atoms with van der Waals surface area (Å²) in [4.78, 5) is 38.4. The molecule has 0 saturated heterocycles. The van der Waals surface area contributed by atoms with Gasteiger partial charge in [0.1, 0.15) is 11.3 Å². The molecular weight excluding hydrogens is 408 g/mol. The van der Waals surface area contributed by atoms with Crippen LogP contribution in [0.5, 0.6) is 0 Å². The number of nitrogens with zero attached hydrogens (tertiary/aromatic N) is 1. The van der Waals surface area contributed by atoms with Crippen LogP contribution < -0.4 is 10.9 Å². The molecule has 1 atom stereocenters. The largest absolute Gasteiger partial charge is 0.479 e. The summed E-state index contributed by atoms with van der Waals surface area (Å²) in [6.45, 7) is 0.642. The van der Waals surface area contributed by atoms with E-state index in [4.69, 9.17) is 4.42 Å². The third-order valence-corrected chi connectivity index (χ3v) is 6.86. The van der Waals surface area contributed by atoms with Gasteiger partial charge in [0.25, 0.3) is 11.5 Å². The first-order valence-corrected chi connectivity index (χ1v) is 11.9. The molecule has 2 heterocycles. The second-order valence-corrected chi connectivity index (χ2v) is 9.12. The lowest BCUT2D eigenvalue weighted by molar-refractivity contribution is -0.139. The van der Waals surface area contributed by atoms with Gasteiger partial charge in [-0.1, -0.05) is 32.1 Å². The normalized spacial score (nSPS) is 18.2. The number of aromatic nitrogens is 1. The molecule has 172 valence electrons. The maximum absolute atomic E-state index is 13.5. The molecular formula is C25H32N2O5. The third kappa shape index (κ3) is 4.97. The van der Waals surface area contributed by atoms with E-state index in [1.807, 2.05) is 4.57 Å². The summed E-state index contributed by atoms with van der Waals surface area (Å²) in [6.07, 6.45) is 13.2. The van der Waals surface area contributed by atoms with Gasteiger partial charge in [0.2, 0.25) is 0 Å². The van der Waals surface area contributed by atoms with Crippen LogP contribution in [0.1, 0.15) is 91.2 Å². The molecule has 32 heavy (non-hydrogen) atoms. The molecule has 7 nitrogen and oxygen atoms in total. The van der Waals surface area contributed by atoms with E-state index < -0.39 is 17.9 Å². The molecule has 1 fully saturated rings. The predicted molar refractivity (Wildman–Crippen MR) is 120 cm³/mol. The number of rotatable bonds is 6. The van der Waals surface area contributed by atoms with Crippen molar-refractivity contribution in [2.75, 3.05) is 0 Å². The fourth-order valence-corrected chi connectivity index (χ4v) is 5.14. The molecule has 2 aromatic heterocycles. The lowest BCUT2D eigenvalue weighted by Gasteiger charge is -2.26. The standard InChI is InChI=1S/C25H32N2O5/c28-23(26-22(25(30)31)21-13-8-14-32-21)19-15-18-11-6-1-2-7-12-20(18)27(24(19)29)16-17-9-4-3-5-10-17/h8,13-15,17,22H,1-7,9-12,16H2,(H,26,28)(H,30,31). The fourth-order valence-electron chi connectivity index (χ4n) is 5.14. The van der Waals surface area contributed by atoms with Crippen LogP contribution >= 0.6 is 0 Å². The minimum absolute atomic E-state index is 0.0259. The van der Waals surface area contributed by atoms with Gasteiger partial charge in [-0.25, -0.2) is 4.79 Å². The van der Waals surface area contributed by atoms with Crippen molar-refractivity contribution >= 4 is 11.9 Å².